The Labute approximate surface area is 152 Å². The molecule has 0 saturated carbocycles. The summed E-state index contributed by atoms with van der Waals surface area (Å²) in [6.07, 6.45) is 2.46. The number of benzene rings is 1. The van der Waals surface area contributed by atoms with Crippen LogP contribution < -0.4 is 5.32 Å². The molecule has 5 heteroatoms. The van der Waals surface area contributed by atoms with Crippen LogP contribution >= 0.6 is 11.6 Å². The number of allylic oxidation sites excluding steroid dienone is 1. The lowest BCUT2D eigenvalue weighted by Gasteiger charge is -2.15. The molecule has 0 fully saturated rings. The highest BCUT2D eigenvalue weighted by atomic mass is 35.5. The van der Waals surface area contributed by atoms with Gasteiger partial charge in [-0.1, -0.05) is 18.5 Å². The van der Waals surface area contributed by atoms with Crippen molar-refractivity contribution in [1.82, 2.24) is 10.3 Å². The molecule has 0 aliphatic heterocycles. The van der Waals surface area contributed by atoms with Gasteiger partial charge >= 0.3 is 0 Å². The Bertz CT molecular complexity index is 830. The standard InChI is InChI=1S/C20H22ClFN2O/c1-5-7-24-20(25)13(3)12(2)17-10-16(22)11-18(14(17)4)15-6-8-23-19(21)9-15/h6,8-11H,5,7H2,1-4H3,(H,24,25)/b13-12+. The molecule has 0 aliphatic carbocycles. The van der Waals surface area contributed by atoms with E-state index in [2.05, 4.69) is 10.3 Å². The number of pyridine rings is 1. The number of nitrogens with one attached hydrogen (secondary N) is 1. The zero-order valence-electron chi connectivity index (χ0n) is 14.9. The van der Waals surface area contributed by atoms with Crippen LogP contribution in [0.1, 0.15) is 38.3 Å². The van der Waals surface area contributed by atoms with Crippen molar-refractivity contribution in [3.8, 4) is 11.1 Å². The molecule has 1 N–H and O–H groups in total. The maximum atomic E-state index is 14.2. The van der Waals surface area contributed by atoms with Crippen molar-refractivity contribution in [1.29, 1.82) is 0 Å². The molecule has 0 aliphatic rings. The number of aromatic nitrogens is 1. The molecule has 3 nitrogen and oxygen atoms in total. The Balaban J connectivity index is 2.54. The third kappa shape index (κ3) is 4.45. The maximum Gasteiger partial charge on any atom is 0.247 e. The predicted molar refractivity (Wildman–Crippen MR) is 101 cm³/mol. The molecule has 0 unspecified atom stereocenters. The van der Waals surface area contributed by atoms with Gasteiger partial charge in [-0.3, -0.25) is 4.79 Å². The summed E-state index contributed by atoms with van der Waals surface area (Å²) in [6.45, 7) is 8.13. The summed E-state index contributed by atoms with van der Waals surface area (Å²) in [5.74, 6) is -0.485. The average Bonchev–Trinajstić information content (AvgIpc) is 2.60. The van der Waals surface area contributed by atoms with Crippen LogP contribution in [0, 0.1) is 12.7 Å². The fraction of sp³-hybridized carbons (Fsp3) is 0.300. The van der Waals surface area contributed by atoms with Gasteiger partial charge in [0.25, 0.3) is 0 Å². The van der Waals surface area contributed by atoms with Gasteiger partial charge in [0.15, 0.2) is 0 Å². The molecule has 0 atom stereocenters. The molecular weight excluding hydrogens is 339 g/mol. The molecule has 0 spiro atoms. The van der Waals surface area contributed by atoms with Crippen LogP contribution in [0.15, 0.2) is 36.0 Å². The lowest BCUT2D eigenvalue weighted by atomic mass is 9.91. The molecule has 1 aromatic heterocycles. The van der Waals surface area contributed by atoms with Gasteiger partial charge in [0.2, 0.25) is 5.91 Å². The second-order valence-electron chi connectivity index (χ2n) is 6.00. The Morgan fingerprint density at radius 3 is 2.64 bits per heavy atom. The Morgan fingerprint density at radius 1 is 1.28 bits per heavy atom. The number of carbonyl (C=O) groups excluding carboxylic acids is 1. The summed E-state index contributed by atoms with van der Waals surface area (Å²) in [7, 11) is 0. The first kappa shape index (κ1) is 19.1. The molecule has 2 rings (SSSR count). The van der Waals surface area contributed by atoms with E-state index in [1.807, 2.05) is 20.8 Å². The Morgan fingerprint density at radius 2 is 2.00 bits per heavy atom. The normalized spacial score (nSPS) is 11.9. The monoisotopic (exact) mass is 360 g/mol. The summed E-state index contributed by atoms with van der Waals surface area (Å²) in [5.41, 5.74) is 4.48. The van der Waals surface area contributed by atoms with Crippen molar-refractivity contribution in [3.63, 3.8) is 0 Å². The zero-order valence-corrected chi connectivity index (χ0v) is 15.7. The summed E-state index contributed by atoms with van der Waals surface area (Å²) in [6, 6.07) is 6.43. The summed E-state index contributed by atoms with van der Waals surface area (Å²) in [4.78, 5) is 16.2. The van der Waals surface area contributed by atoms with Gasteiger partial charge in [-0.25, -0.2) is 9.37 Å². The van der Waals surface area contributed by atoms with Crippen LogP contribution in [0.25, 0.3) is 16.7 Å². The highest BCUT2D eigenvalue weighted by molar-refractivity contribution is 6.29. The summed E-state index contributed by atoms with van der Waals surface area (Å²) in [5, 5.41) is 3.21. The molecule has 0 saturated heterocycles. The molecule has 1 heterocycles. The van der Waals surface area contributed by atoms with Crippen LogP contribution in [0.4, 0.5) is 4.39 Å². The minimum atomic E-state index is -0.357. The average molecular weight is 361 g/mol. The van der Waals surface area contributed by atoms with Gasteiger partial charge in [0.1, 0.15) is 11.0 Å². The molecule has 1 aromatic carbocycles. The van der Waals surface area contributed by atoms with Crippen molar-refractivity contribution in [2.45, 2.75) is 34.1 Å². The quantitative estimate of drug-likeness (QED) is 0.590. The van der Waals surface area contributed by atoms with E-state index in [0.717, 1.165) is 28.7 Å². The summed E-state index contributed by atoms with van der Waals surface area (Å²) < 4.78 is 14.2. The minimum Gasteiger partial charge on any atom is -0.352 e. The van der Waals surface area contributed by atoms with Crippen LogP contribution in [0.5, 0.6) is 0 Å². The number of hydrogen-bond acceptors (Lipinski definition) is 2. The van der Waals surface area contributed by atoms with E-state index < -0.39 is 0 Å². The number of amides is 1. The van der Waals surface area contributed by atoms with E-state index in [-0.39, 0.29) is 11.7 Å². The minimum absolute atomic E-state index is 0.128. The number of rotatable bonds is 5. The third-order valence-corrected chi connectivity index (χ3v) is 4.46. The predicted octanol–water partition coefficient (Wildman–Crippen LogP) is 5.17. The highest BCUT2D eigenvalue weighted by Gasteiger charge is 2.15. The molecule has 132 valence electrons. The first-order valence-corrected chi connectivity index (χ1v) is 8.61. The molecule has 1 amide bonds. The van der Waals surface area contributed by atoms with E-state index in [9.17, 15) is 9.18 Å². The van der Waals surface area contributed by atoms with Crippen molar-refractivity contribution >= 4 is 23.1 Å². The topological polar surface area (TPSA) is 42.0 Å². The molecule has 0 radical (unpaired) electrons. The second kappa shape index (κ2) is 8.26. The van der Waals surface area contributed by atoms with Gasteiger partial charge in [0.05, 0.1) is 0 Å². The Hall–Kier alpha value is -2.20. The van der Waals surface area contributed by atoms with Crippen LogP contribution in [0.2, 0.25) is 5.15 Å². The first-order chi connectivity index (χ1) is 11.8. The van der Waals surface area contributed by atoms with Crippen molar-refractivity contribution in [2.24, 2.45) is 0 Å². The fourth-order valence-electron chi connectivity index (χ4n) is 2.68. The fourth-order valence-corrected chi connectivity index (χ4v) is 2.86. The van der Waals surface area contributed by atoms with Gasteiger partial charge < -0.3 is 5.32 Å². The number of nitrogens with zero attached hydrogens (tertiary/aromatic N) is 1. The number of hydrogen-bond donors (Lipinski definition) is 1. The van der Waals surface area contributed by atoms with Gasteiger partial charge in [0, 0.05) is 18.3 Å². The van der Waals surface area contributed by atoms with Crippen molar-refractivity contribution < 1.29 is 9.18 Å². The molecule has 0 bridgehead atoms. The first-order valence-electron chi connectivity index (χ1n) is 8.23. The SMILES string of the molecule is CCCNC(=O)/C(C)=C(\C)c1cc(F)cc(-c2ccnc(Cl)c2)c1C. The van der Waals surface area contributed by atoms with E-state index in [1.54, 1.807) is 25.3 Å². The molecular formula is C20H22ClFN2O. The van der Waals surface area contributed by atoms with Crippen molar-refractivity contribution in [2.75, 3.05) is 6.54 Å². The maximum absolute atomic E-state index is 14.2. The van der Waals surface area contributed by atoms with Gasteiger partial charge in [-0.05, 0) is 79.3 Å². The lowest BCUT2D eigenvalue weighted by Crippen LogP contribution is -2.25. The number of carbonyl (C=O) groups is 1. The van der Waals surface area contributed by atoms with Gasteiger partial charge in [-0.2, -0.15) is 0 Å². The van der Waals surface area contributed by atoms with E-state index in [4.69, 9.17) is 11.6 Å². The van der Waals surface area contributed by atoms with E-state index in [1.165, 1.54) is 12.1 Å². The largest absolute Gasteiger partial charge is 0.352 e. The van der Waals surface area contributed by atoms with E-state index >= 15 is 0 Å². The second-order valence-corrected chi connectivity index (χ2v) is 6.39. The smallest absolute Gasteiger partial charge is 0.247 e. The van der Waals surface area contributed by atoms with Crippen LogP contribution in [-0.4, -0.2) is 17.4 Å². The van der Waals surface area contributed by atoms with Crippen LogP contribution in [0.3, 0.4) is 0 Å². The van der Waals surface area contributed by atoms with E-state index in [0.29, 0.717) is 22.8 Å². The highest BCUT2D eigenvalue weighted by Crippen LogP contribution is 2.32. The summed E-state index contributed by atoms with van der Waals surface area (Å²) >= 11 is 5.96. The zero-order chi connectivity index (χ0) is 18.6. The third-order valence-electron chi connectivity index (χ3n) is 4.25. The van der Waals surface area contributed by atoms with Gasteiger partial charge in [-0.15, -0.1) is 0 Å². The lowest BCUT2D eigenvalue weighted by molar-refractivity contribution is -0.117. The number of halogens is 2. The molecule has 2 aromatic rings. The Kier molecular flexibility index (Phi) is 6.32. The molecule has 25 heavy (non-hydrogen) atoms. The van der Waals surface area contributed by atoms with Crippen molar-refractivity contribution in [3.05, 3.63) is 58.1 Å². The van der Waals surface area contributed by atoms with Crippen LogP contribution in [-0.2, 0) is 4.79 Å².